The van der Waals surface area contributed by atoms with Crippen molar-refractivity contribution in [3.05, 3.63) is 93.7 Å². The molecular formula is C24H22N2O5. The summed E-state index contributed by atoms with van der Waals surface area (Å²) in [6, 6.07) is 15.4. The monoisotopic (exact) mass is 418 g/mol. The Morgan fingerprint density at radius 3 is 2.65 bits per heavy atom. The highest BCUT2D eigenvalue weighted by Gasteiger charge is 2.13. The molecule has 1 amide bonds. The van der Waals surface area contributed by atoms with Crippen LogP contribution in [0, 0.1) is 0 Å². The predicted octanol–water partition coefficient (Wildman–Crippen LogP) is 4.20. The van der Waals surface area contributed by atoms with Gasteiger partial charge in [0, 0.05) is 29.8 Å². The smallest absolute Gasteiger partial charge is 0.336 e. The first-order valence-electron chi connectivity index (χ1n) is 9.97. The van der Waals surface area contributed by atoms with E-state index in [9.17, 15) is 14.7 Å². The molecule has 0 aliphatic rings. The van der Waals surface area contributed by atoms with Gasteiger partial charge in [-0.05, 0) is 47.9 Å². The van der Waals surface area contributed by atoms with E-state index in [4.69, 9.17) is 8.83 Å². The number of benzene rings is 2. The van der Waals surface area contributed by atoms with Crippen LogP contribution >= 0.6 is 0 Å². The van der Waals surface area contributed by atoms with E-state index in [1.54, 1.807) is 36.6 Å². The number of carbonyl (C=O) groups is 1. The van der Waals surface area contributed by atoms with Crippen LogP contribution in [0.4, 0.5) is 5.69 Å². The number of para-hydroxylation sites is 1. The second-order valence-corrected chi connectivity index (χ2v) is 7.08. The predicted molar refractivity (Wildman–Crippen MR) is 117 cm³/mol. The number of carbonyl (C=O) groups excluding carboxylic acids is 1. The second kappa shape index (κ2) is 8.79. The van der Waals surface area contributed by atoms with Crippen molar-refractivity contribution in [2.45, 2.75) is 26.4 Å². The zero-order valence-electron chi connectivity index (χ0n) is 17.0. The number of hydrogen-bond donors (Lipinski definition) is 3. The maximum atomic E-state index is 12.7. The first-order valence-corrected chi connectivity index (χ1v) is 9.97. The Balaban J connectivity index is 1.58. The quantitative estimate of drug-likeness (QED) is 0.389. The fourth-order valence-corrected chi connectivity index (χ4v) is 3.44. The van der Waals surface area contributed by atoms with E-state index in [1.807, 2.05) is 19.1 Å². The highest BCUT2D eigenvalue weighted by molar-refractivity contribution is 5.99. The van der Waals surface area contributed by atoms with Crippen LogP contribution in [-0.2, 0) is 19.5 Å². The number of nitrogens with one attached hydrogen (secondary N) is 2. The lowest BCUT2D eigenvalue weighted by atomic mass is 10.0. The van der Waals surface area contributed by atoms with Crippen LogP contribution < -0.4 is 16.3 Å². The van der Waals surface area contributed by atoms with Gasteiger partial charge >= 0.3 is 5.63 Å². The van der Waals surface area contributed by atoms with Crippen LogP contribution in [0.25, 0.3) is 11.0 Å². The summed E-state index contributed by atoms with van der Waals surface area (Å²) in [5.41, 5.74) is 2.41. The topological polar surface area (TPSA) is 105 Å². The van der Waals surface area contributed by atoms with Gasteiger partial charge in [0.1, 0.15) is 17.1 Å². The van der Waals surface area contributed by atoms with Crippen molar-refractivity contribution in [1.82, 2.24) is 5.32 Å². The number of rotatable bonds is 7. The molecule has 2 heterocycles. The number of phenols is 1. The van der Waals surface area contributed by atoms with Crippen molar-refractivity contribution in [2.24, 2.45) is 0 Å². The summed E-state index contributed by atoms with van der Waals surface area (Å²) >= 11 is 0. The SMILES string of the molecule is CCc1cc2c(CNc3ccccc3C(=O)NCc3ccco3)cc(=O)oc2cc1O. The van der Waals surface area contributed by atoms with E-state index < -0.39 is 5.63 Å². The van der Waals surface area contributed by atoms with E-state index in [-0.39, 0.29) is 18.2 Å². The molecule has 0 atom stereocenters. The maximum Gasteiger partial charge on any atom is 0.336 e. The van der Waals surface area contributed by atoms with Gasteiger partial charge in [-0.25, -0.2) is 4.79 Å². The number of aryl methyl sites for hydroxylation is 1. The molecule has 31 heavy (non-hydrogen) atoms. The van der Waals surface area contributed by atoms with E-state index in [1.165, 1.54) is 12.1 Å². The molecule has 0 saturated heterocycles. The van der Waals surface area contributed by atoms with Gasteiger partial charge in [0.05, 0.1) is 18.4 Å². The molecule has 4 aromatic rings. The number of phenolic OH excluding ortho intramolecular Hbond substituents is 1. The molecular weight excluding hydrogens is 396 g/mol. The normalized spacial score (nSPS) is 10.9. The summed E-state index contributed by atoms with van der Waals surface area (Å²) in [5.74, 6) is 0.521. The zero-order valence-corrected chi connectivity index (χ0v) is 17.0. The van der Waals surface area contributed by atoms with Gasteiger partial charge in [0.2, 0.25) is 0 Å². The molecule has 2 aromatic carbocycles. The molecule has 2 aromatic heterocycles. The Morgan fingerprint density at radius 1 is 1.03 bits per heavy atom. The lowest BCUT2D eigenvalue weighted by Crippen LogP contribution is -2.23. The van der Waals surface area contributed by atoms with Crippen LogP contribution in [0.5, 0.6) is 5.75 Å². The summed E-state index contributed by atoms with van der Waals surface area (Å²) in [5, 5.41) is 16.9. The van der Waals surface area contributed by atoms with E-state index in [0.717, 1.165) is 10.9 Å². The Hall–Kier alpha value is -4.00. The summed E-state index contributed by atoms with van der Waals surface area (Å²) in [6.45, 7) is 2.53. The largest absolute Gasteiger partial charge is 0.508 e. The number of anilines is 1. The number of amides is 1. The fourth-order valence-electron chi connectivity index (χ4n) is 3.44. The Morgan fingerprint density at radius 2 is 1.87 bits per heavy atom. The number of furan rings is 1. The van der Waals surface area contributed by atoms with Crippen LogP contribution in [0.3, 0.4) is 0 Å². The van der Waals surface area contributed by atoms with Crippen molar-refractivity contribution >= 4 is 22.6 Å². The molecule has 0 radical (unpaired) electrons. The van der Waals surface area contributed by atoms with Crippen molar-refractivity contribution in [3.8, 4) is 5.75 Å². The average Bonchev–Trinajstić information content (AvgIpc) is 3.29. The third kappa shape index (κ3) is 4.45. The minimum absolute atomic E-state index is 0.0989. The van der Waals surface area contributed by atoms with E-state index in [0.29, 0.717) is 41.1 Å². The van der Waals surface area contributed by atoms with E-state index >= 15 is 0 Å². The van der Waals surface area contributed by atoms with Gasteiger partial charge < -0.3 is 24.6 Å². The van der Waals surface area contributed by atoms with Gasteiger partial charge in [-0.2, -0.15) is 0 Å². The molecule has 0 spiro atoms. The third-order valence-electron chi connectivity index (χ3n) is 5.05. The standard InChI is InChI=1S/C24H22N2O5/c1-2-15-10-19-16(11-23(28)31-22(19)12-21(15)27)13-25-20-8-4-3-7-18(20)24(29)26-14-17-6-5-9-30-17/h3-12,25,27H,2,13-14H2,1H3,(H,26,29). The number of hydrogen-bond acceptors (Lipinski definition) is 6. The van der Waals surface area contributed by atoms with Crippen LogP contribution in [0.15, 0.2) is 74.5 Å². The van der Waals surface area contributed by atoms with Crippen molar-refractivity contribution in [2.75, 3.05) is 5.32 Å². The highest BCUT2D eigenvalue weighted by Crippen LogP contribution is 2.27. The molecule has 3 N–H and O–H groups in total. The van der Waals surface area contributed by atoms with Gasteiger partial charge in [-0.1, -0.05) is 19.1 Å². The molecule has 4 rings (SSSR count). The molecule has 0 aliphatic heterocycles. The summed E-state index contributed by atoms with van der Waals surface area (Å²) in [7, 11) is 0. The van der Waals surface area contributed by atoms with Crippen LogP contribution in [0.1, 0.15) is 34.2 Å². The molecule has 0 saturated carbocycles. The maximum absolute atomic E-state index is 12.7. The molecule has 0 unspecified atom stereocenters. The minimum Gasteiger partial charge on any atom is -0.508 e. The Kier molecular flexibility index (Phi) is 5.75. The lowest BCUT2D eigenvalue weighted by Gasteiger charge is -2.13. The molecule has 7 heteroatoms. The first-order chi connectivity index (χ1) is 15.0. The lowest BCUT2D eigenvalue weighted by molar-refractivity contribution is 0.0949. The van der Waals surface area contributed by atoms with Gasteiger partial charge in [0.15, 0.2) is 0 Å². The molecule has 158 valence electrons. The zero-order chi connectivity index (χ0) is 21.8. The van der Waals surface area contributed by atoms with Crippen LogP contribution in [0.2, 0.25) is 0 Å². The number of fused-ring (bicyclic) bond motifs is 1. The fraction of sp³-hybridized carbons (Fsp3) is 0.167. The van der Waals surface area contributed by atoms with Crippen molar-refractivity contribution in [1.29, 1.82) is 0 Å². The van der Waals surface area contributed by atoms with Gasteiger partial charge in [0.25, 0.3) is 5.91 Å². The highest BCUT2D eigenvalue weighted by atomic mass is 16.4. The molecule has 7 nitrogen and oxygen atoms in total. The Labute approximate surface area is 178 Å². The third-order valence-corrected chi connectivity index (χ3v) is 5.05. The van der Waals surface area contributed by atoms with Crippen molar-refractivity contribution < 1.29 is 18.7 Å². The average molecular weight is 418 g/mol. The second-order valence-electron chi connectivity index (χ2n) is 7.08. The summed E-state index contributed by atoms with van der Waals surface area (Å²) < 4.78 is 10.5. The first kappa shape index (κ1) is 20.3. The van der Waals surface area contributed by atoms with E-state index in [2.05, 4.69) is 10.6 Å². The van der Waals surface area contributed by atoms with Gasteiger partial charge in [-0.3, -0.25) is 4.79 Å². The molecule has 0 aliphatic carbocycles. The Bertz CT molecular complexity index is 1280. The molecule has 0 fully saturated rings. The van der Waals surface area contributed by atoms with Gasteiger partial charge in [-0.15, -0.1) is 0 Å². The summed E-state index contributed by atoms with van der Waals surface area (Å²) in [4.78, 5) is 24.7. The van der Waals surface area contributed by atoms with Crippen LogP contribution in [-0.4, -0.2) is 11.0 Å². The molecule has 0 bridgehead atoms. The minimum atomic E-state index is -0.502. The summed E-state index contributed by atoms with van der Waals surface area (Å²) in [6.07, 6.45) is 2.20. The van der Waals surface area contributed by atoms with Crippen molar-refractivity contribution in [3.63, 3.8) is 0 Å². The number of aromatic hydroxyl groups is 1.